The van der Waals surface area contributed by atoms with Crippen molar-refractivity contribution in [3.05, 3.63) is 0 Å². The zero-order chi connectivity index (χ0) is 23.2. The van der Waals surface area contributed by atoms with E-state index in [0.717, 1.165) is 38.0 Å². The lowest BCUT2D eigenvalue weighted by Gasteiger charge is -2.46. The zero-order valence-corrected chi connectivity index (χ0v) is 20.7. The topological polar surface area (TPSA) is 74.6 Å². The van der Waals surface area contributed by atoms with E-state index in [1.807, 2.05) is 0 Å². The molecule has 0 bridgehead atoms. The normalized spacial score (nSPS) is 23.9. The van der Waals surface area contributed by atoms with E-state index in [1.165, 1.54) is 70.6 Å². The van der Waals surface area contributed by atoms with Gasteiger partial charge in [0, 0.05) is 0 Å². The third-order valence-corrected chi connectivity index (χ3v) is 7.85. The second kappa shape index (κ2) is 14.9. The highest BCUT2D eigenvalue weighted by atomic mass is 16.4. The third-order valence-electron chi connectivity index (χ3n) is 7.85. The molecular weight excluding hydrogens is 388 g/mol. The van der Waals surface area contributed by atoms with Crippen LogP contribution in [0.4, 0.5) is 0 Å². The Morgan fingerprint density at radius 1 is 0.677 bits per heavy atom. The Kier molecular flexibility index (Phi) is 13.4. The van der Waals surface area contributed by atoms with Crippen LogP contribution in [0.1, 0.15) is 143 Å². The van der Waals surface area contributed by atoms with Gasteiger partial charge in [0.25, 0.3) is 0 Å². The van der Waals surface area contributed by atoms with Crippen molar-refractivity contribution in [3.63, 3.8) is 0 Å². The molecule has 2 N–H and O–H groups in total. The number of aliphatic carboxylic acids is 2. The van der Waals surface area contributed by atoms with Crippen molar-refractivity contribution in [3.8, 4) is 0 Å². The van der Waals surface area contributed by atoms with Crippen molar-refractivity contribution in [2.24, 2.45) is 16.7 Å². The molecule has 0 saturated heterocycles. The minimum atomic E-state index is -1.13. The molecule has 0 aromatic carbocycles. The van der Waals surface area contributed by atoms with Crippen LogP contribution in [0.25, 0.3) is 0 Å². The Labute approximate surface area is 191 Å². The first-order valence-electron chi connectivity index (χ1n) is 13.2. The van der Waals surface area contributed by atoms with Crippen molar-refractivity contribution in [1.29, 1.82) is 0 Å². The monoisotopic (exact) mass is 438 g/mol. The van der Waals surface area contributed by atoms with E-state index in [9.17, 15) is 19.8 Å². The van der Waals surface area contributed by atoms with Crippen LogP contribution in [-0.4, -0.2) is 22.2 Å². The molecule has 1 rings (SSSR count). The molecule has 1 aliphatic rings. The first-order valence-corrected chi connectivity index (χ1v) is 13.2. The molecule has 0 aromatic heterocycles. The fraction of sp³-hybridized carbons (Fsp3) is 0.926. The Bertz CT molecular complexity index is 515. The van der Waals surface area contributed by atoms with Gasteiger partial charge in [-0.25, -0.2) is 0 Å². The van der Waals surface area contributed by atoms with Crippen LogP contribution in [0, 0.1) is 16.7 Å². The van der Waals surface area contributed by atoms with Crippen LogP contribution < -0.4 is 0 Å². The number of carboxylic acid groups (broad SMARTS) is 2. The van der Waals surface area contributed by atoms with Gasteiger partial charge in [-0.05, 0) is 32.1 Å². The second-order valence-electron chi connectivity index (χ2n) is 10.8. The molecule has 0 aromatic rings. The van der Waals surface area contributed by atoms with Crippen LogP contribution in [0.3, 0.4) is 0 Å². The molecule has 1 fully saturated rings. The average molecular weight is 439 g/mol. The minimum absolute atomic E-state index is 0.479. The summed E-state index contributed by atoms with van der Waals surface area (Å²) in [6.07, 6.45) is 20.9. The van der Waals surface area contributed by atoms with Crippen LogP contribution in [0.2, 0.25) is 0 Å². The summed E-state index contributed by atoms with van der Waals surface area (Å²) in [7, 11) is 0. The van der Waals surface area contributed by atoms with Crippen LogP contribution >= 0.6 is 0 Å². The molecule has 2 atom stereocenters. The summed E-state index contributed by atoms with van der Waals surface area (Å²) >= 11 is 0. The molecule has 0 radical (unpaired) electrons. The predicted molar refractivity (Wildman–Crippen MR) is 128 cm³/mol. The first-order chi connectivity index (χ1) is 14.8. The maximum Gasteiger partial charge on any atom is 0.310 e. The third kappa shape index (κ3) is 9.14. The average Bonchev–Trinajstić information content (AvgIpc) is 2.71. The maximum atomic E-state index is 12.1. The highest BCUT2D eigenvalue weighted by Crippen LogP contribution is 2.54. The fourth-order valence-electron chi connectivity index (χ4n) is 5.51. The molecule has 182 valence electrons. The number of hydrogen-bond acceptors (Lipinski definition) is 2. The van der Waals surface area contributed by atoms with Crippen molar-refractivity contribution in [2.45, 2.75) is 143 Å². The van der Waals surface area contributed by atoms with E-state index in [2.05, 4.69) is 13.8 Å². The fourth-order valence-corrected chi connectivity index (χ4v) is 5.51. The van der Waals surface area contributed by atoms with Gasteiger partial charge < -0.3 is 10.2 Å². The van der Waals surface area contributed by atoms with Crippen molar-refractivity contribution in [1.82, 2.24) is 0 Å². The largest absolute Gasteiger partial charge is 0.481 e. The molecule has 31 heavy (non-hydrogen) atoms. The van der Waals surface area contributed by atoms with Gasteiger partial charge >= 0.3 is 11.9 Å². The van der Waals surface area contributed by atoms with Crippen LogP contribution in [0.5, 0.6) is 0 Å². The molecule has 2 unspecified atom stereocenters. The van der Waals surface area contributed by atoms with E-state index in [-0.39, 0.29) is 0 Å². The van der Waals surface area contributed by atoms with E-state index < -0.39 is 22.8 Å². The molecular formula is C27H50O4. The molecule has 1 aliphatic carbocycles. The first kappa shape index (κ1) is 28.0. The molecule has 0 amide bonds. The Hall–Kier alpha value is -1.06. The van der Waals surface area contributed by atoms with Gasteiger partial charge in [0.15, 0.2) is 0 Å². The highest BCUT2D eigenvalue weighted by Gasteiger charge is 2.58. The molecule has 4 nitrogen and oxygen atoms in total. The van der Waals surface area contributed by atoms with E-state index in [1.54, 1.807) is 6.92 Å². The maximum absolute atomic E-state index is 12.1. The number of carbonyl (C=O) groups is 2. The minimum Gasteiger partial charge on any atom is -0.481 e. The summed E-state index contributed by atoms with van der Waals surface area (Å²) in [6, 6.07) is 0. The summed E-state index contributed by atoms with van der Waals surface area (Å²) in [5.74, 6) is -1.00. The molecule has 1 saturated carbocycles. The molecule has 0 heterocycles. The van der Waals surface area contributed by atoms with Gasteiger partial charge in [-0.2, -0.15) is 0 Å². The summed E-state index contributed by atoms with van der Waals surface area (Å²) in [6.45, 7) is 6.27. The number of rotatable bonds is 18. The summed E-state index contributed by atoms with van der Waals surface area (Å²) in [5.41, 5.74) is -2.22. The van der Waals surface area contributed by atoms with Gasteiger partial charge in [0.1, 0.15) is 0 Å². The van der Waals surface area contributed by atoms with Gasteiger partial charge in [0.2, 0.25) is 0 Å². The van der Waals surface area contributed by atoms with E-state index in [4.69, 9.17) is 0 Å². The van der Waals surface area contributed by atoms with Gasteiger partial charge in [-0.3, -0.25) is 9.59 Å². The summed E-state index contributed by atoms with van der Waals surface area (Å²) in [4.78, 5) is 24.0. The van der Waals surface area contributed by atoms with Crippen molar-refractivity contribution >= 4 is 11.9 Å². The Morgan fingerprint density at radius 2 is 1.10 bits per heavy atom. The molecule has 0 aliphatic heterocycles. The second-order valence-corrected chi connectivity index (χ2v) is 10.8. The lowest BCUT2D eigenvalue weighted by atomic mass is 9.55. The predicted octanol–water partition coefficient (Wildman–Crippen LogP) is 8.23. The van der Waals surface area contributed by atoms with Crippen LogP contribution in [-0.2, 0) is 9.59 Å². The van der Waals surface area contributed by atoms with Gasteiger partial charge in [0.05, 0.1) is 10.8 Å². The van der Waals surface area contributed by atoms with Crippen molar-refractivity contribution < 1.29 is 19.8 Å². The summed E-state index contributed by atoms with van der Waals surface area (Å²) in [5, 5.41) is 19.7. The molecule has 0 spiro atoms. The highest BCUT2D eigenvalue weighted by molar-refractivity contribution is 5.86. The number of hydrogen-bond donors (Lipinski definition) is 2. The van der Waals surface area contributed by atoms with Crippen LogP contribution in [0.15, 0.2) is 0 Å². The Morgan fingerprint density at radius 3 is 1.52 bits per heavy atom. The molecule has 4 heteroatoms. The Balaban J connectivity index is 2.10. The van der Waals surface area contributed by atoms with E-state index >= 15 is 0 Å². The summed E-state index contributed by atoms with van der Waals surface area (Å²) < 4.78 is 0. The SMILES string of the molecule is CC(C)CCCCCCCCCCCCCCCC1(C(=O)O)CCCCC1(C)C(=O)O. The van der Waals surface area contributed by atoms with Crippen molar-refractivity contribution in [2.75, 3.05) is 0 Å². The lowest BCUT2D eigenvalue weighted by molar-refractivity contribution is -0.179. The lowest BCUT2D eigenvalue weighted by Crippen LogP contribution is -2.52. The van der Waals surface area contributed by atoms with E-state index in [0.29, 0.717) is 19.3 Å². The standard InChI is InChI=1S/C27H50O4/c1-23(2)19-15-13-11-9-7-5-4-6-8-10-12-14-16-21-27(25(30)31)22-18-17-20-26(27,3)24(28)29/h23H,4-22H2,1-3H3,(H,28,29)(H,30,31). The number of carboxylic acids is 2. The quantitative estimate of drug-likeness (QED) is 0.211. The van der Waals surface area contributed by atoms with Gasteiger partial charge in [-0.1, -0.05) is 117 Å². The zero-order valence-electron chi connectivity index (χ0n) is 20.7. The van der Waals surface area contributed by atoms with Gasteiger partial charge in [-0.15, -0.1) is 0 Å². The smallest absolute Gasteiger partial charge is 0.310 e. The number of unbranched alkanes of at least 4 members (excludes halogenated alkanes) is 12.